The van der Waals surface area contributed by atoms with Crippen LogP contribution in [0.15, 0.2) is 9.00 Å². The van der Waals surface area contributed by atoms with Gasteiger partial charge in [0.1, 0.15) is 15.8 Å². The van der Waals surface area contributed by atoms with E-state index in [4.69, 9.17) is 15.0 Å². The van der Waals surface area contributed by atoms with Crippen LogP contribution in [0.25, 0.3) is 0 Å². The Bertz CT molecular complexity index is 488. The van der Waals surface area contributed by atoms with Crippen molar-refractivity contribution in [1.29, 1.82) is 0 Å². The minimum absolute atomic E-state index is 0.254. The van der Waals surface area contributed by atoms with Crippen LogP contribution in [0.1, 0.15) is 45.2 Å². The number of carbonyl (C=O) groups excluding carboxylic acids is 1. The van der Waals surface area contributed by atoms with Crippen molar-refractivity contribution in [3.05, 3.63) is 10.2 Å². The molecule has 1 aromatic heterocycles. The van der Waals surface area contributed by atoms with Gasteiger partial charge < -0.3 is 19.9 Å². The first kappa shape index (κ1) is 15.2. The Balaban J connectivity index is 1.93. The maximum atomic E-state index is 12.0. The van der Waals surface area contributed by atoms with Crippen molar-refractivity contribution in [3.63, 3.8) is 0 Å². The first-order chi connectivity index (χ1) is 9.28. The van der Waals surface area contributed by atoms with Crippen molar-refractivity contribution in [1.82, 2.24) is 10.1 Å². The van der Waals surface area contributed by atoms with Crippen LogP contribution in [0.5, 0.6) is 0 Å². The highest BCUT2D eigenvalue weighted by Crippen LogP contribution is 2.35. The summed E-state index contributed by atoms with van der Waals surface area (Å²) >= 11 is 3.38. The molecule has 0 saturated carbocycles. The number of nitrogens with two attached hydrogens (primary N) is 1. The fraction of sp³-hybridized carbons (Fsp3) is 0.692. The van der Waals surface area contributed by atoms with Crippen LogP contribution >= 0.6 is 15.9 Å². The van der Waals surface area contributed by atoms with Gasteiger partial charge in [-0.05, 0) is 49.5 Å². The molecule has 112 valence electrons. The van der Waals surface area contributed by atoms with Crippen molar-refractivity contribution in [2.24, 2.45) is 0 Å². The van der Waals surface area contributed by atoms with E-state index in [9.17, 15) is 4.79 Å². The number of likely N-dealkylation sites (tertiary alicyclic amines) is 1. The van der Waals surface area contributed by atoms with Gasteiger partial charge in [-0.25, -0.2) is 4.79 Å². The molecule has 0 radical (unpaired) electrons. The third-order valence-electron chi connectivity index (χ3n) is 3.22. The van der Waals surface area contributed by atoms with E-state index < -0.39 is 5.60 Å². The van der Waals surface area contributed by atoms with E-state index in [1.165, 1.54) is 0 Å². The Labute approximate surface area is 126 Å². The van der Waals surface area contributed by atoms with Crippen molar-refractivity contribution < 1.29 is 14.1 Å². The number of nitrogens with zero attached hydrogens (tertiary/aromatic N) is 2. The summed E-state index contributed by atoms with van der Waals surface area (Å²) in [6.45, 7) is 6.91. The molecule has 20 heavy (non-hydrogen) atoms. The van der Waals surface area contributed by atoms with Crippen LogP contribution in [0.4, 0.5) is 10.7 Å². The Morgan fingerprint density at radius 1 is 1.45 bits per heavy atom. The number of halogens is 1. The van der Waals surface area contributed by atoms with E-state index in [-0.39, 0.29) is 12.0 Å². The van der Waals surface area contributed by atoms with E-state index in [0.717, 1.165) is 23.0 Å². The number of hydrogen-bond acceptors (Lipinski definition) is 5. The van der Waals surface area contributed by atoms with E-state index in [0.29, 0.717) is 19.0 Å². The number of hydrogen-bond donors (Lipinski definition) is 1. The molecule has 1 aliphatic heterocycles. The second-order valence-corrected chi connectivity index (χ2v) is 6.78. The van der Waals surface area contributed by atoms with E-state index in [1.54, 1.807) is 4.90 Å². The molecule has 0 aromatic carbocycles. The fourth-order valence-corrected chi connectivity index (χ4v) is 2.69. The van der Waals surface area contributed by atoms with Crippen molar-refractivity contribution >= 4 is 27.9 Å². The topological polar surface area (TPSA) is 81.6 Å². The molecule has 0 spiro atoms. The lowest BCUT2D eigenvalue weighted by Crippen LogP contribution is -2.41. The third kappa shape index (κ3) is 3.45. The van der Waals surface area contributed by atoms with Gasteiger partial charge >= 0.3 is 6.09 Å². The Morgan fingerprint density at radius 3 is 2.50 bits per heavy atom. The average molecular weight is 346 g/mol. The lowest BCUT2D eigenvalue weighted by atomic mass is 9.94. The molecule has 0 bridgehead atoms. The average Bonchev–Trinajstić information content (AvgIpc) is 2.68. The number of rotatable bonds is 1. The van der Waals surface area contributed by atoms with Crippen LogP contribution in [-0.2, 0) is 4.74 Å². The summed E-state index contributed by atoms with van der Waals surface area (Å²) in [5.74, 6) is 0.554. The van der Waals surface area contributed by atoms with Crippen LogP contribution in [0.3, 0.4) is 0 Å². The molecule has 2 N–H and O–H groups in total. The summed E-state index contributed by atoms with van der Waals surface area (Å²) < 4.78 is 11.1. The van der Waals surface area contributed by atoms with Crippen LogP contribution in [-0.4, -0.2) is 34.8 Å². The second-order valence-electron chi connectivity index (χ2n) is 5.99. The molecule has 1 fully saturated rings. The molecule has 7 heteroatoms. The number of aromatic nitrogens is 1. The Morgan fingerprint density at radius 2 is 2.05 bits per heavy atom. The van der Waals surface area contributed by atoms with Gasteiger partial charge in [-0.3, -0.25) is 0 Å². The van der Waals surface area contributed by atoms with Crippen LogP contribution in [0, 0.1) is 0 Å². The summed E-state index contributed by atoms with van der Waals surface area (Å²) in [5, 5.41) is 3.99. The monoisotopic (exact) mass is 345 g/mol. The van der Waals surface area contributed by atoms with Crippen LogP contribution in [0.2, 0.25) is 0 Å². The normalized spacial score (nSPS) is 17.3. The minimum Gasteiger partial charge on any atom is -0.444 e. The van der Waals surface area contributed by atoms with E-state index in [1.807, 2.05) is 20.8 Å². The standard InChI is InChI=1S/C13H20BrN3O3/c1-13(2,3)19-12(18)17-6-4-8(5-7-17)10-9(14)11(15)20-16-10/h8H,4-7,15H2,1-3H3. The molecule has 0 atom stereocenters. The van der Waals surface area contributed by atoms with Gasteiger partial charge in [0.2, 0.25) is 5.88 Å². The Kier molecular flexibility index (Phi) is 4.27. The van der Waals surface area contributed by atoms with E-state index in [2.05, 4.69) is 21.1 Å². The summed E-state index contributed by atoms with van der Waals surface area (Å²) in [7, 11) is 0. The maximum absolute atomic E-state index is 12.0. The smallest absolute Gasteiger partial charge is 0.410 e. The molecule has 1 saturated heterocycles. The molecule has 6 nitrogen and oxygen atoms in total. The van der Waals surface area contributed by atoms with Gasteiger partial charge in [-0.2, -0.15) is 0 Å². The molecule has 1 aromatic rings. The largest absolute Gasteiger partial charge is 0.444 e. The highest BCUT2D eigenvalue weighted by atomic mass is 79.9. The molecule has 2 rings (SSSR count). The predicted octanol–water partition coefficient (Wildman–Crippen LogP) is 3.13. The van der Waals surface area contributed by atoms with Gasteiger partial charge in [0.05, 0.1) is 0 Å². The lowest BCUT2D eigenvalue weighted by Gasteiger charge is -2.32. The fourth-order valence-electron chi connectivity index (χ4n) is 2.22. The zero-order valence-electron chi connectivity index (χ0n) is 12.0. The van der Waals surface area contributed by atoms with Crippen molar-refractivity contribution in [2.45, 2.75) is 45.1 Å². The van der Waals surface area contributed by atoms with Crippen molar-refractivity contribution in [3.8, 4) is 0 Å². The molecule has 0 aliphatic carbocycles. The van der Waals surface area contributed by atoms with Crippen LogP contribution < -0.4 is 5.73 Å². The zero-order valence-corrected chi connectivity index (χ0v) is 13.6. The highest BCUT2D eigenvalue weighted by Gasteiger charge is 2.30. The molecule has 1 amide bonds. The summed E-state index contributed by atoms with van der Waals surface area (Å²) in [4.78, 5) is 13.7. The van der Waals surface area contributed by atoms with Gasteiger partial charge in [0.15, 0.2) is 0 Å². The number of nitrogen functional groups attached to an aromatic ring is 1. The van der Waals surface area contributed by atoms with Gasteiger partial charge in [-0.15, -0.1) is 0 Å². The molecule has 0 unspecified atom stereocenters. The minimum atomic E-state index is -0.461. The molecule has 2 heterocycles. The van der Waals surface area contributed by atoms with E-state index >= 15 is 0 Å². The lowest BCUT2D eigenvalue weighted by molar-refractivity contribution is 0.0203. The van der Waals surface area contributed by atoms with Gasteiger partial charge in [0, 0.05) is 19.0 Å². The quantitative estimate of drug-likeness (QED) is 0.845. The molecule has 1 aliphatic rings. The highest BCUT2D eigenvalue weighted by molar-refractivity contribution is 9.10. The molecular formula is C13H20BrN3O3. The summed E-state index contributed by atoms with van der Waals surface area (Å²) in [5.41, 5.74) is 6.01. The summed E-state index contributed by atoms with van der Waals surface area (Å²) in [6, 6.07) is 0. The predicted molar refractivity (Wildman–Crippen MR) is 78.4 cm³/mol. The number of amides is 1. The maximum Gasteiger partial charge on any atom is 0.410 e. The summed E-state index contributed by atoms with van der Waals surface area (Å²) in [6.07, 6.45) is 1.39. The van der Waals surface area contributed by atoms with Gasteiger partial charge in [0.25, 0.3) is 0 Å². The number of piperidine rings is 1. The number of anilines is 1. The first-order valence-corrected chi connectivity index (χ1v) is 7.45. The van der Waals surface area contributed by atoms with Gasteiger partial charge in [-0.1, -0.05) is 5.16 Å². The third-order valence-corrected chi connectivity index (χ3v) is 4.01. The molecular weight excluding hydrogens is 326 g/mol. The second kappa shape index (κ2) is 5.63. The number of ether oxygens (including phenoxy) is 1. The Hall–Kier alpha value is -1.24. The zero-order chi connectivity index (χ0) is 14.9. The SMILES string of the molecule is CC(C)(C)OC(=O)N1CCC(c2noc(N)c2Br)CC1. The first-order valence-electron chi connectivity index (χ1n) is 6.66. The van der Waals surface area contributed by atoms with Crippen molar-refractivity contribution in [2.75, 3.05) is 18.8 Å². The number of carbonyl (C=O) groups is 1.